The van der Waals surface area contributed by atoms with Gasteiger partial charge in [-0.1, -0.05) is 48.0 Å². The maximum Gasteiger partial charge on any atom is 0.296 e. The molecule has 0 unspecified atom stereocenters. The number of halogens is 1. The van der Waals surface area contributed by atoms with Gasteiger partial charge in [-0.15, -0.1) is 0 Å². The number of aromatic nitrogens is 2. The predicted octanol–water partition coefficient (Wildman–Crippen LogP) is 4.56. The Morgan fingerprint density at radius 2 is 1.68 bits per heavy atom. The van der Waals surface area contributed by atoms with Crippen molar-refractivity contribution >= 4 is 39.9 Å². The number of hydrogen-bond acceptors (Lipinski definition) is 3. The number of nitrogens with zero attached hydrogens (tertiary/aromatic N) is 2. The van der Waals surface area contributed by atoms with Gasteiger partial charge in [0, 0.05) is 46.7 Å². The summed E-state index contributed by atoms with van der Waals surface area (Å²) in [5.74, 6) is -1.28. The number of rotatable bonds is 5. The zero-order chi connectivity index (χ0) is 19.5. The topological polar surface area (TPSA) is 64.0 Å². The van der Waals surface area contributed by atoms with Gasteiger partial charge in [0.1, 0.15) is 0 Å². The number of para-hydroxylation sites is 1. The third kappa shape index (κ3) is 3.52. The van der Waals surface area contributed by atoms with Crippen molar-refractivity contribution in [2.75, 3.05) is 5.32 Å². The number of amides is 1. The highest BCUT2D eigenvalue weighted by molar-refractivity contribution is 6.48. The Labute approximate surface area is 166 Å². The minimum atomic E-state index is -0.688. The lowest BCUT2D eigenvalue weighted by molar-refractivity contribution is -0.112. The Hall–Kier alpha value is -3.44. The van der Waals surface area contributed by atoms with E-state index in [2.05, 4.69) is 10.3 Å². The Balaban J connectivity index is 1.69. The Morgan fingerprint density at radius 1 is 0.964 bits per heavy atom. The third-order valence-corrected chi connectivity index (χ3v) is 4.84. The summed E-state index contributed by atoms with van der Waals surface area (Å²) in [5.41, 5.74) is 2.68. The lowest BCUT2D eigenvalue weighted by atomic mass is 10.1. The van der Waals surface area contributed by atoms with Crippen LogP contribution in [0.15, 0.2) is 79.3 Å². The zero-order valence-corrected chi connectivity index (χ0v) is 15.6. The van der Waals surface area contributed by atoms with E-state index in [9.17, 15) is 9.59 Å². The molecule has 1 N–H and O–H groups in total. The second-order valence-electron chi connectivity index (χ2n) is 6.30. The summed E-state index contributed by atoms with van der Waals surface area (Å²) in [7, 11) is 0. The molecule has 0 aliphatic heterocycles. The molecule has 6 heteroatoms. The molecule has 0 saturated carbocycles. The van der Waals surface area contributed by atoms with Gasteiger partial charge in [-0.2, -0.15) is 0 Å². The van der Waals surface area contributed by atoms with Crippen LogP contribution < -0.4 is 5.32 Å². The van der Waals surface area contributed by atoms with E-state index in [0.717, 1.165) is 16.5 Å². The van der Waals surface area contributed by atoms with Gasteiger partial charge in [-0.3, -0.25) is 14.6 Å². The molecule has 138 valence electrons. The first-order valence-electron chi connectivity index (χ1n) is 8.70. The Morgan fingerprint density at radius 3 is 2.46 bits per heavy atom. The summed E-state index contributed by atoms with van der Waals surface area (Å²) in [4.78, 5) is 29.2. The van der Waals surface area contributed by atoms with Crippen LogP contribution >= 0.6 is 11.6 Å². The SMILES string of the molecule is O=C(Nc1ccncc1)C(=O)c1cn(Cc2ccccc2Cl)c2ccccc12. The van der Waals surface area contributed by atoms with E-state index in [0.29, 0.717) is 22.8 Å². The first kappa shape index (κ1) is 17.9. The first-order valence-corrected chi connectivity index (χ1v) is 9.08. The van der Waals surface area contributed by atoms with Crippen molar-refractivity contribution in [3.05, 3.63) is 95.4 Å². The van der Waals surface area contributed by atoms with Crippen LogP contribution in [0.2, 0.25) is 5.02 Å². The van der Waals surface area contributed by atoms with Crippen LogP contribution in [-0.2, 0) is 11.3 Å². The van der Waals surface area contributed by atoms with E-state index in [-0.39, 0.29) is 0 Å². The number of ketones is 1. The van der Waals surface area contributed by atoms with Crippen molar-refractivity contribution < 1.29 is 9.59 Å². The van der Waals surface area contributed by atoms with Gasteiger partial charge in [-0.05, 0) is 29.8 Å². The van der Waals surface area contributed by atoms with Crippen molar-refractivity contribution in [3.63, 3.8) is 0 Å². The molecule has 1 amide bonds. The van der Waals surface area contributed by atoms with Gasteiger partial charge >= 0.3 is 0 Å². The average molecular weight is 390 g/mol. The summed E-state index contributed by atoms with van der Waals surface area (Å²) in [6.45, 7) is 0.499. The number of carbonyl (C=O) groups is 2. The summed E-state index contributed by atoms with van der Waals surface area (Å²) in [6.07, 6.45) is 4.81. The molecule has 0 saturated heterocycles. The highest BCUT2D eigenvalue weighted by Crippen LogP contribution is 2.25. The molecule has 28 heavy (non-hydrogen) atoms. The van der Waals surface area contributed by atoms with Gasteiger partial charge < -0.3 is 9.88 Å². The molecular weight excluding hydrogens is 374 g/mol. The van der Waals surface area contributed by atoms with Crippen LogP contribution in [0.5, 0.6) is 0 Å². The van der Waals surface area contributed by atoms with Crippen LogP contribution in [0, 0.1) is 0 Å². The van der Waals surface area contributed by atoms with Crippen LogP contribution in [0.4, 0.5) is 5.69 Å². The van der Waals surface area contributed by atoms with Crippen molar-refractivity contribution in [1.29, 1.82) is 0 Å². The fraction of sp³-hybridized carbons (Fsp3) is 0.0455. The molecular formula is C22H16ClN3O2. The minimum absolute atomic E-state index is 0.356. The van der Waals surface area contributed by atoms with Crippen molar-refractivity contribution in [2.24, 2.45) is 0 Å². The van der Waals surface area contributed by atoms with Gasteiger partial charge in [-0.25, -0.2) is 0 Å². The summed E-state index contributed by atoms with van der Waals surface area (Å²) in [5, 5.41) is 4.00. The van der Waals surface area contributed by atoms with E-state index < -0.39 is 11.7 Å². The second-order valence-corrected chi connectivity index (χ2v) is 6.71. The molecule has 0 aliphatic rings. The molecule has 0 spiro atoms. The molecule has 0 atom stereocenters. The lowest BCUT2D eigenvalue weighted by Crippen LogP contribution is -2.22. The first-order chi connectivity index (χ1) is 13.6. The van der Waals surface area contributed by atoms with Gasteiger partial charge in [0.2, 0.25) is 0 Å². The Bertz CT molecular complexity index is 1170. The minimum Gasteiger partial charge on any atom is -0.342 e. The van der Waals surface area contributed by atoms with E-state index in [4.69, 9.17) is 11.6 Å². The highest BCUT2D eigenvalue weighted by Gasteiger charge is 2.22. The molecule has 2 aromatic heterocycles. The van der Waals surface area contributed by atoms with Crippen LogP contribution in [0.25, 0.3) is 10.9 Å². The van der Waals surface area contributed by atoms with Gasteiger partial charge in [0.25, 0.3) is 11.7 Å². The molecule has 0 aliphatic carbocycles. The van der Waals surface area contributed by atoms with Gasteiger partial charge in [0.05, 0.1) is 5.56 Å². The number of anilines is 1. The van der Waals surface area contributed by atoms with Crippen molar-refractivity contribution in [3.8, 4) is 0 Å². The normalized spacial score (nSPS) is 10.8. The summed E-state index contributed by atoms with van der Waals surface area (Å²) >= 11 is 6.29. The van der Waals surface area contributed by atoms with Crippen molar-refractivity contribution in [1.82, 2.24) is 9.55 Å². The van der Waals surface area contributed by atoms with Crippen LogP contribution in [-0.4, -0.2) is 21.2 Å². The number of fused-ring (bicyclic) bond motifs is 1. The molecule has 2 aromatic carbocycles. The molecule has 0 radical (unpaired) electrons. The maximum atomic E-state index is 12.8. The predicted molar refractivity (Wildman–Crippen MR) is 110 cm³/mol. The molecule has 0 bridgehead atoms. The monoisotopic (exact) mass is 389 g/mol. The van der Waals surface area contributed by atoms with E-state index in [1.54, 1.807) is 30.7 Å². The summed E-state index contributed by atoms with van der Waals surface area (Å²) < 4.78 is 1.93. The molecule has 5 nitrogen and oxygen atoms in total. The number of hydrogen-bond donors (Lipinski definition) is 1. The van der Waals surface area contributed by atoms with E-state index in [1.807, 2.05) is 53.1 Å². The fourth-order valence-electron chi connectivity index (χ4n) is 3.11. The smallest absolute Gasteiger partial charge is 0.296 e. The lowest BCUT2D eigenvalue weighted by Gasteiger charge is -2.07. The van der Waals surface area contributed by atoms with Crippen molar-refractivity contribution in [2.45, 2.75) is 6.54 Å². The molecule has 4 rings (SSSR count). The molecule has 0 fully saturated rings. The number of benzene rings is 2. The van der Waals surface area contributed by atoms with Crippen LogP contribution in [0.3, 0.4) is 0 Å². The maximum absolute atomic E-state index is 12.8. The number of nitrogens with one attached hydrogen (secondary N) is 1. The number of pyridine rings is 1. The molecule has 4 aromatic rings. The van der Waals surface area contributed by atoms with E-state index in [1.165, 1.54) is 0 Å². The Kier molecular flexibility index (Phi) is 4.91. The highest BCUT2D eigenvalue weighted by atomic mass is 35.5. The van der Waals surface area contributed by atoms with Gasteiger partial charge in [0.15, 0.2) is 0 Å². The second kappa shape index (κ2) is 7.66. The number of carbonyl (C=O) groups excluding carboxylic acids is 2. The number of Topliss-reactive ketones (excluding diaryl/α,β-unsaturated/α-hetero) is 1. The van der Waals surface area contributed by atoms with Crippen LogP contribution in [0.1, 0.15) is 15.9 Å². The zero-order valence-electron chi connectivity index (χ0n) is 14.8. The third-order valence-electron chi connectivity index (χ3n) is 4.48. The largest absolute Gasteiger partial charge is 0.342 e. The average Bonchev–Trinajstić information content (AvgIpc) is 3.08. The van der Waals surface area contributed by atoms with E-state index >= 15 is 0 Å². The standard InChI is InChI=1S/C22H16ClN3O2/c23-19-7-3-1-5-15(19)13-26-14-18(17-6-2-4-8-20(17)26)21(27)22(28)25-16-9-11-24-12-10-16/h1-12,14H,13H2,(H,24,25,28). The molecule has 2 heterocycles. The summed E-state index contributed by atoms with van der Waals surface area (Å²) in [6, 6.07) is 18.3. The fourth-order valence-corrected chi connectivity index (χ4v) is 3.31. The quantitative estimate of drug-likeness (QED) is 0.402.